The van der Waals surface area contributed by atoms with E-state index in [1.54, 1.807) is 12.1 Å². The van der Waals surface area contributed by atoms with Crippen LogP contribution >= 0.6 is 0 Å². The molecule has 0 radical (unpaired) electrons. The first-order valence-corrected chi connectivity index (χ1v) is 16.9. The van der Waals surface area contributed by atoms with Crippen LogP contribution in [0.5, 0.6) is 5.75 Å². The zero-order valence-corrected chi connectivity index (χ0v) is 27.4. The summed E-state index contributed by atoms with van der Waals surface area (Å²) in [5.41, 5.74) is 2.57. The molecule has 0 aliphatic carbocycles. The summed E-state index contributed by atoms with van der Waals surface area (Å²) >= 11 is 0. The Bertz CT molecular complexity index is 1220. The van der Waals surface area contributed by atoms with Crippen molar-refractivity contribution in [1.29, 1.82) is 0 Å². The van der Waals surface area contributed by atoms with E-state index in [1.807, 2.05) is 36.4 Å². The Morgan fingerprint density at radius 2 is 1.16 bits per heavy atom. The van der Waals surface area contributed by atoms with Crippen LogP contribution in [0.15, 0.2) is 61.2 Å². The van der Waals surface area contributed by atoms with Crippen LogP contribution < -0.4 is 4.74 Å². The molecule has 0 aliphatic rings. The van der Waals surface area contributed by atoms with Gasteiger partial charge in [0.25, 0.3) is 0 Å². The highest BCUT2D eigenvalue weighted by molar-refractivity contribution is 5.90. The second-order valence-electron chi connectivity index (χ2n) is 11.2. The molecule has 2 aromatic rings. The molecular weight excluding hydrogens is 560 g/mol. The Kier molecular flexibility index (Phi) is 21.0. The van der Waals surface area contributed by atoms with E-state index in [2.05, 4.69) is 37.2 Å². The van der Waals surface area contributed by atoms with Gasteiger partial charge in [0.15, 0.2) is 0 Å². The summed E-state index contributed by atoms with van der Waals surface area (Å²) in [6.07, 6.45) is 19.6. The highest BCUT2D eigenvalue weighted by Crippen LogP contribution is 2.23. The van der Waals surface area contributed by atoms with Crippen molar-refractivity contribution in [2.45, 2.75) is 110 Å². The van der Waals surface area contributed by atoms with Gasteiger partial charge in [0, 0.05) is 18.9 Å². The standard InChI is InChI=1S/C40H52O5/c1-3-5-6-7-8-9-10-11-12-13-14-15-16-17-18-23-34-45-40(42)37-26-24-35(25-27-37)36-28-30-38(31-29-36)43-32-21-19-20-22-33-44-39(41)4-2/h4,24-31H,2-3,5-14,19-23,32-34H2,1H3. The van der Waals surface area contributed by atoms with Crippen LogP contribution in [0.4, 0.5) is 0 Å². The minimum absolute atomic E-state index is 0.250. The lowest BCUT2D eigenvalue weighted by molar-refractivity contribution is -0.137. The van der Waals surface area contributed by atoms with Crippen LogP contribution in [0.2, 0.25) is 0 Å². The summed E-state index contributed by atoms with van der Waals surface area (Å²) in [5, 5.41) is 0. The third kappa shape index (κ3) is 18.4. The molecule has 0 saturated carbocycles. The molecule has 0 N–H and O–H groups in total. The summed E-state index contributed by atoms with van der Waals surface area (Å²) < 4.78 is 16.2. The van der Waals surface area contributed by atoms with E-state index in [-0.39, 0.29) is 18.5 Å². The molecule has 2 aromatic carbocycles. The molecule has 45 heavy (non-hydrogen) atoms. The normalized spacial score (nSPS) is 10.2. The smallest absolute Gasteiger partial charge is 0.338 e. The van der Waals surface area contributed by atoms with Crippen molar-refractivity contribution in [1.82, 2.24) is 0 Å². The van der Waals surface area contributed by atoms with Crippen LogP contribution in [0.25, 0.3) is 11.1 Å². The molecule has 5 heteroatoms. The number of unbranched alkanes of at least 4 members (excludes halogenated alkanes) is 13. The fourth-order valence-corrected chi connectivity index (χ4v) is 4.71. The molecule has 0 fully saturated rings. The average molecular weight is 613 g/mol. The Labute approximate surface area is 272 Å². The first-order valence-electron chi connectivity index (χ1n) is 16.9. The van der Waals surface area contributed by atoms with Gasteiger partial charge in [-0.15, -0.1) is 0 Å². The quantitative estimate of drug-likeness (QED) is 0.0541. The van der Waals surface area contributed by atoms with Gasteiger partial charge in [-0.25, -0.2) is 9.59 Å². The zero-order chi connectivity index (χ0) is 32.2. The number of esters is 2. The fourth-order valence-electron chi connectivity index (χ4n) is 4.71. The number of rotatable bonds is 23. The van der Waals surface area contributed by atoms with Crippen LogP contribution in [0.3, 0.4) is 0 Å². The van der Waals surface area contributed by atoms with E-state index in [0.717, 1.165) is 55.4 Å². The Balaban J connectivity index is 1.55. The van der Waals surface area contributed by atoms with E-state index in [4.69, 9.17) is 14.2 Å². The number of hydrogen-bond donors (Lipinski definition) is 0. The van der Waals surface area contributed by atoms with Crippen molar-refractivity contribution in [3.63, 3.8) is 0 Å². The SMILES string of the molecule is C=CC(=O)OCCCCCCOc1ccc(-c2ccc(C(=O)OCCC#CC#CCCCCCCCCCCCC)cc2)cc1. The molecule has 0 aliphatic heterocycles. The van der Waals surface area contributed by atoms with Crippen molar-refractivity contribution in [2.24, 2.45) is 0 Å². The van der Waals surface area contributed by atoms with Gasteiger partial charge >= 0.3 is 11.9 Å². The van der Waals surface area contributed by atoms with Crippen LogP contribution in [0.1, 0.15) is 120 Å². The van der Waals surface area contributed by atoms with Gasteiger partial charge in [-0.05, 0) is 79.3 Å². The van der Waals surface area contributed by atoms with Gasteiger partial charge in [-0.1, -0.05) is 107 Å². The predicted octanol–water partition coefficient (Wildman–Crippen LogP) is 9.89. The van der Waals surface area contributed by atoms with Crippen molar-refractivity contribution in [3.8, 4) is 40.6 Å². The number of hydrogen-bond acceptors (Lipinski definition) is 5. The molecule has 0 heterocycles. The largest absolute Gasteiger partial charge is 0.494 e. The maximum atomic E-state index is 12.4. The summed E-state index contributed by atoms with van der Waals surface area (Å²) in [6, 6.07) is 15.3. The Morgan fingerprint density at radius 3 is 1.78 bits per heavy atom. The van der Waals surface area contributed by atoms with E-state index < -0.39 is 0 Å². The fraction of sp³-hybridized carbons (Fsp3) is 0.500. The van der Waals surface area contributed by atoms with E-state index in [1.165, 1.54) is 63.9 Å². The molecule has 0 spiro atoms. The van der Waals surface area contributed by atoms with Crippen molar-refractivity contribution < 1.29 is 23.8 Å². The number of benzene rings is 2. The van der Waals surface area contributed by atoms with Gasteiger partial charge in [0.2, 0.25) is 0 Å². The molecule has 0 atom stereocenters. The first kappa shape index (κ1) is 37.2. The molecule has 0 aromatic heterocycles. The second kappa shape index (κ2) is 25.4. The van der Waals surface area contributed by atoms with Crippen molar-refractivity contribution in [3.05, 3.63) is 66.7 Å². The molecule has 242 valence electrons. The van der Waals surface area contributed by atoms with E-state index in [0.29, 0.717) is 25.2 Å². The lowest BCUT2D eigenvalue weighted by Gasteiger charge is -2.08. The minimum atomic E-state index is -0.372. The molecular formula is C40H52O5. The molecule has 0 bridgehead atoms. The summed E-state index contributed by atoms with van der Waals surface area (Å²) in [5.74, 6) is 12.0. The number of ether oxygens (including phenoxy) is 3. The Hall–Kier alpha value is -3.96. The summed E-state index contributed by atoms with van der Waals surface area (Å²) in [7, 11) is 0. The maximum absolute atomic E-state index is 12.4. The summed E-state index contributed by atoms with van der Waals surface area (Å²) in [6.45, 7) is 6.96. The predicted molar refractivity (Wildman–Crippen MR) is 184 cm³/mol. The lowest BCUT2D eigenvalue weighted by atomic mass is 10.0. The van der Waals surface area contributed by atoms with Crippen molar-refractivity contribution in [2.75, 3.05) is 19.8 Å². The van der Waals surface area contributed by atoms with E-state index >= 15 is 0 Å². The van der Waals surface area contributed by atoms with Crippen LogP contribution in [0, 0.1) is 23.7 Å². The van der Waals surface area contributed by atoms with Crippen LogP contribution in [-0.2, 0) is 14.3 Å². The van der Waals surface area contributed by atoms with Gasteiger partial charge in [0.1, 0.15) is 12.4 Å². The third-order valence-electron chi connectivity index (χ3n) is 7.38. The lowest BCUT2D eigenvalue weighted by Crippen LogP contribution is -2.05. The Morgan fingerprint density at radius 1 is 0.622 bits per heavy atom. The second-order valence-corrected chi connectivity index (χ2v) is 11.2. The minimum Gasteiger partial charge on any atom is -0.494 e. The summed E-state index contributed by atoms with van der Waals surface area (Å²) in [4.78, 5) is 23.4. The molecule has 2 rings (SSSR count). The topological polar surface area (TPSA) is 61.8 Å². The number of carbonyl (C=O) groups is 2. The monoisotopic (exact) mass is 612 g/mol. The van der Waals surface area contributed by atoms with Crippen LogP contribution in [-0.4, -0.2) is 31.8 Å². The molecule has 0 amide bonds. The van der Waals surface area contributed by atoms with Gasteiger partial charge in [-0.3, -0.25) is 0 Å². The molecule has 5 nitrogen and oxygen atoms in total. The highest BCUT2D eigenvalue weighted by atomic mass is 16.5. The molecule has 0 unspecified atom stereocenters. The van der Waals surface area contributed by atoms with Gasteiger partial charge < -0.3 is 14.2 Å². The average Bonchev–Trinajstić information content (AvgIpc) is 3.07. The van der Waals surface area contributed by atoms with Gasteiger partial charge in [-0.2, -0.15) is 0 Å². The number of carbonyl (C=O) groups excluding carboxylic acids is 2. The first-order chi connectivity index (χ1) is 22.1. The maximum Gasteiger partial charge on any atom is 0.338 e. The van der Waals surface area contributed by atoms with Crippen molar-refractivity contribution >= 4 is 11.9 Å². The highest BCUT2D eigenvalue weighted by Gasteiger charge is 2.07. The zero-order valence-electron chi connectivity index (χ0n) is 27.4. The van der Waals surface area contributed by atoms with Gasteiger partial charge in [0.05, 0.1) is 18.8 Å². The molecule has 0 saturated heterocycles. The third-order valence-corrected chi connectivity index (χ3v) is 7.38. The van der Waals surface area contributed by atoms with E-state index in [9.17, 15) is 9.59 Å².